The summed E-state index contributed by atoms with van der Waals surface area (Å²) in [7, 11) is -3.39. The molecule has 1 aromatic heterocycles. The molecule has 0 aromatic carbocycles. The molecule has 0 unspecified atom stereocenters. The van der Waals surface area contributed by atoms with Gasteiger partial charge in [0.15, 0.2) is 0 Å². The van der Waals surface area contributed by atoms with Crippen LogP contribution in [0.5, 0.6) is 0 Å². The Morgan fingerprint density at radius 2 is 2.14 bits per heavy atom. The molecule has 0 radical (unpaired) electrons. The van der Waals surface area contributed by atoms with Crippen molar-refractivity contribution in [2.24, 2.45) is 0 Å². The topological polar surface area (TPSA) is 49.4 Å². The smallest absolute Gasteiger partial charge is 0.244 e. The second-order valence-electron chi connectivity index (χ2n) is 5.53. The second-order valence-corrected chi connectivity index (χ2v) is 8.36. The largest absolute Gasteiger partial charge is 0.312 e. The van der Waals surface area contributed by atoms with Crippen LogP contribution in [0.1, 0.15) is 37.1 Å². The van der Waals surface area contributed by atoms with Gasteiger partial charge in [-0.3, -0.25) is 0 Å². The Labute approximate surface area is 131 Å². The number of thiophene rings is 1. The standard InChI is InChI=1S/C15H24N2O2S2/c1-4-7-16-9-14-15(13(3)11-20-14)21(18,19)17-8-5-6-12(2)10-17/h6,11,16H,4-5,7-10H2,1-3H3. The van der Waals surface area contributed by atoms with Crippen molar-refractivity contribution in [1.82, 2.24) is 9.62 Å². The molecule has 0 saturated heterocycles. The van der Waals surface area contributed by atoms with Gasteiger partial charge in [0.05, 0.1) is 0 Å². The number of nitrogens with one attached hydrogen (secondary N) is 1. The Morgan fingerprint density at radius 1 is 1.38 bits per heavy atom. The van der Waals surface area contributed by atoms with E-state index in [0.717, 1.165) is 35.4 Å². The van der Waals surface area contributed by atoms with Gasteiger partial charge < -0.3 is 5.32 Å². The van der Waals surface area contributed by atoms with Crippen LogP contribution in [0.3, 0.4) is 0 Å². The number of sulfonamides is 1. The maximum absolute atomic E-state index is 12.9. The summed E-state index contributed by atoms with van der Waals surface area (Å²) in [4.78, 5) is 1.44. The van der Waals surface area contributed by atoms with Crippen LogP contribution in [0.4, 0.5) is 0 Å². The highest BCUT2D eigenvalue weighted by Gasteiger charge is 2.30. The van der Waals surface area contributed by atoms with E-state index in [1.165, 1.54) is 11.3 Å². The molecule has 1 aliphatic heterocycles. The molecule has 0 amide bonds. The molecule has 118 valence electrons. The van der Waals surface area contributed by atoms with E-state index in [1.807, 2.05) is 19.2 Å². The quantitative estimate of drug-likeness (QED) is 0.645. The molecule has 1 N–H and O–H groups in total. The lowest BCUT2D eigenvalue weighted by molar-refractivity contribution is 0.427. The first-order valence-electron chi connectivity index (χ1n) is 7.40. The normalized spacial score (nSPS) is 17.0. The van der Waals surface area contributed by atoms with Gasteiger partial charge in [0.25, 0.3) is 0 Å². The van der Waals surface area contributed by atoms with E-state index in [4.69, 9.17) is 0 Å². The lowest BCUT2D eigenvalue weighted by Crippen LogP contribution is -2.36. The Hall–Kier alpha value is -0.690. The third-order valence-electron chi connectivity index (χ3n) is 3.60. The maximum atomic E-state index is 12.9. The molecule has 0 aliphatic carbocycles. The Morgan fingerprint density at radius 3 is 2.81 bits per heavy atom. The van der Waals surface area contributed by atoms with E-state index < -0.39 is 10.0 Å². The molecule has 1 aromatic rings. The van der Waals surface area contributed by atoms with Gasteiger partial charge >= 0.3 is 0 Å². The number of aryl methyl sites for hydroxylation is 1. The molecule has 0 atom stereocenters. The minimum absolute atomic E-state index is 0.513. The summed E-state index contributed by atoms with van der Waals surface area (Å²) in [6.07, 6.45) is 3.97. The minimum Gasteiger partial charge on any atom is -0.312 e. The molecule has 0 bridgehead atoms. The summed E-state index contributed by atoms with van der Waals surface area (Å²) < 4.78 is 27.5. The summed E-state index contributed by atoms with van der Waals surface area (Å²) in [5, 5.41) is 5.25. The van der Waals surface area contributed by atoms with Gasteiger partial charge in [-0.1, -0.05) is 18.6 Å². The fraction of sp³-hybridized carbons (Fsp3) is 0.600. The summed E-state index contributed by atoms with van der Waals surface area (Å²) >= 11 is 1.54. The number of nitrogens with zero attached hydrogens (tertiary/aromatic N) is 1. The monoisotopic (exact) mass is 328 g/mol. The van der Waals surface area contributed by atoms with Gasteiger partial charge in [-0.05, 0) is 44.2 Å². The zero-order valence-corrected chi connectivity index (χ0v) is 14.6. The number of hydrogen-bond acceptors (Lipinski definition) is 4. The molecule has 0 fully saturated rings. The zero-order valence-electron chi connectivity index (χ0n) is 13.0. The van der Waals surface area contributed by atoms with Gasteiger partial charge in [-0.25, -0.2) is 8.42 Å². The van der Waals surface area contributed by atoms with Crippen LogP contribution in [-0.4, -0.2) is 32.4 Å². The van der Waals surface area contributed by atoms with Gasteiger partial charge in [-0.2, -0.15) is 4.31 Å². The highest BCUT2D eigenvalue weighted by atomic mass is 32.2. The summed E-state index contributed by atoms with van der Waals surface area (Å²) in [5.41, 5.74) is 1.99. The predicted octanol–water partition coefficient (Wildman–Crippen LogP) is 2.90. The summed E-state index contributed by atoms with van der Waals surface area (Å²) in [5.74, 6) is 0. The van der Waals surface area contributed by atoms with E-state index in [2.05, 4.69) is 18.3 Å². The van der Waals surface area contributed by atoms with E-state index in [-0.39, 0.29) is 0 Å². The highest BCUT2D eigenvalue weighted by molar-refractivity contribution is 7.89. The van der Waals surface area contributed by atoms with Crippen molar-refractivity contribution in [3.05, 3.63) is 27.5 Å². The Kier molecular flexibility index (Phi) is 5.60. The molecule has 1 aliphatic rings. The molecule has 4 nitrogen and oxygen atoms in total. The van der Waals surface area contributed by atoms with Crippen LogP contribution in [-0.2, 0) is 16.6 Å². The van der Waals surface area contributed by atoms with Gasteiger partial charge in [0.1, 0.15) is 4.90 Å². The number of rotatable bonds is 6. The van der Waals surface area contributed by atoms with Gasteiger partial charge in [0.2, 0.25) is 10.0 Å². The third kappa shape index (κ3) is 3.74. The molecule has 0 saturated carbocycles. The lowest BCUT2D eigenvalue weighted by atomic mass is 10.2. The Balaban J connectivity index is 2.27. The third-order valence-corrected chi connectivity index (χ3v) is 6.91. The van der Waals surface area contributed by atoms with Crippen LogP contribution in [0, 0.1) is 6.92 Å². The van der Waals surface area contributed by atoms with Crippen molar-refractivity contribution in [3.8, 4) is 0 Å². The summed E-state index contributed by atoms with van der Waals surface area (Å²) in [6, 6.07) is 0. The first kappa shape index (κ1) is 16.7. The fourth-order valence-electron chi connectivity index (χ4n) is 2.55. The van der Waals surface area contributed by atoms with Crippen LogP contribution in [0.25, 0.3) is 0 Å². The average Bonchev–Trinajstić information content (AvgIpc) is 2.81. The molecule has 0 spiro atoms. The fourth-order valence-corrected chi connectivity index (χ4v) is 5.77. The van der Waals surface area contributed by atoms with Crippen LogP contribution in [0.2, 0.25) is 0 Å². The first-order valence-corrected chi connectivity index (χ1v) is 9.72. The molecule has 2 heterocycles. The average molecular weight is 329 g/mol. The van der Waals surface area contributed by atoms with Crippen LogP contribution in [0.15, 0.2) is 21.9 Å². The van der Waals surface area contributed by atoms with Crippen molar-refractivity contribution in [2.75, 3.05) is 19.6 Å². The van der Waals surface area contributed by atoms with Crippen molar-refractivity contribution < 1.29 is 8.42 Å². The van der Waals surface area contributed by atoms with Crippen LogP contribution >= 0.6 is 11.3 Å². The van der Waals surface area contributed by atoms with E-state index in [9.17, 15) is 8.42 Å². The molecule has 2 rings (SSSR count). The van der Waals surface area contributed by atoms with Gasteiger partial charge in [0, 0.05) is 24.5 Å². The molecule has 21 heavy (non-hydrogen) atoms. The lowest BCUT2D eigenvalue weighted by Gasteiger charge is -2.26. The molecule has 6 heteroatoms. The van der Waals surface area contributed by atoms with E-state index in [0.29, 0.717) is 24.5 Å². The predicted molar refractivity (Wildman–Crippen MR) is 88.2 cm³/mol. The van der Waals surface area contributed by atoms with Crippen molar-refractivity contribution >= 4 is 21.4 Å². The second kappa shape index (κ2) is 7.05. The SMILES string of the molecule is CCCNCc1scc(C)c1S(=O)(=O)N1CCC=C(C)C1. The summed E-state index contributed by atoms with van der Waals surface area (Å²) in [6.45, 7) is 8.61. The van der Waals surface area contributed by atoms with Crippen molar-refractivity contribution in [3.63, 3.8) is 0 Å². The Bertz CT molecular complexity index is 618. The minimum atomic E-state index is -3.39. The van der Waals surface area contributed by atoms with Crippen molar-refractivity contribution in [1.29, 1.82) is 0 Å². The number of hydrogen-bond donors (Lipinski definition) is 1. The first-order chi connectivity index (χ1) is 9.96. The highest BCUT2D eigenvalue weighted by Crippen LogP contribution is 2.30. The molecular formula is C15H24N2O2S2. The van der Waals surface area contributed by atoms with E-state index >= 15 is 0 Å². The zero-order chi connectivity index (χ0) is 15.5. The molecular weight excluding hydrogens is 304 g/mol. The maximum Gasteiger partial charge on any atom is 0.244 e. The van der Waals surface area contributed by atoms with E-state index in [1.54, 1.807) is 4.31 Å². The van der Waals surface area contributed by atoms with Crippen molar-refractivity contribution in [2.45, 2.75) is 45.1 Å². The van der Waals surface area contributed by atoms with Crippen LogP contribution < -0.4 is 5.32 Å². The van der Waals surface area contributed by atoms with Gasteiger partial charge in [-0.15, -0.1) is 11.3 Å².